The van der Waals surface area contributed by atoms with Gasteiger partial charge in [0.15, 0.2) is 0 Å². The summed E-state index contributed by atoms with van der Waals surface area (Å²) in [6, 6.07) is 14.7. The van der Waals surface area contributed by atoms with Gasteiger partial charge in [0.25, 0.3) is 0 Å². The molecule has 0 bridgehead atoms. The Kier molecular flexibility index (Phi) is 8.39. The van der Waals surface area contributed by atoms with Crippen molar-refractivity contribution in [1.29, 1.82) is 0 Å². The molecule has 0 spiro atoms. The first-order valence-electron chi connectivity index (χ1n) is 10.9. The Balaban J connectivity index is 1.53. The van der Waals surface area contributed by atoms with E-state index in [0.29, 0.717) is 44.3 Å². The Labute approximate surface area is 188 Å². The van der Waals surface area contributed by atoms with Gasteiger partial charge in [0.1, 0.15) is 11.5 Å². The number of amides is 1. The maximum Gasteiger partial charge on any atom is 0.337 e. The van der Waals surface area contributed by atoms with Crippen molar-refractivity contribution >= 4 is 17.7 Å². The third-order valence-electron chi connectivity index (χ3n) is 5.61. The third kappa shape index (κ3) is 6.40. The van der Waals surface area contributed by atoms with E-state index in [9.17, 15) is 14.4 Å². The highest BCUT2D eigenvalue weighted by atomic mass is 16.5. The molecule has 2 aromatic carbocycles. The first-order valence-corrected chi connectivity index (χ1v) is 10.9. The van der Waals surface area contributed by atoms with Gasteiger partial charge in [-0.1, -0.05) is 24.3 Å². The quantitative estimate of drug-likeness (QED) is 0.531. The maximum atomic E-state index is 12.5. The topological polar surface area (TPSA) is 76.2 Å². The van der Waals surface area contributed by atoms with Crippen LogP contribution in [0.4, 0.5) is 0 Å². The highest BCUT2D eigenvalue weighted by Crippen LogP contribution is 2.17. The number of benzene rings is 2. The zero-order valence-electron chi connectivity index (χ0n) is 18.7. The number of hydrazine groups is 1. The second kappa shape index (κ2) is 11.4. The molecule has 1 heterocycles. The van der Waals surface area contributed by atoms with Crippen LogP contribution in [0.3, 0.4) is 0 Å². The number of carbonyl (C=O) groups is 3. The van der Waals surface area contributed by atoms with Crippen molar-refractivity contribution in [2.45, 2.75) is 32.1 Å². The van der Waals surface area contributed by atoms with Crippen LogP contribution < -0.4 is 4.74 Å². The number of Topliss-reactive ketones (excluding diaryl/α,β-unsaturated/α-hetero) is 1. The van der Waals surface area contributed by atoms with Crippen LogP contribution in [0.15, 0.2) is 48.5 Å². The van der Waals surface area contributed by atoms with Gasteiger partial charge in [0, 0.05) is 38.9 Å². The Bertz CT molecular complexity index is 942. The van der Waals surface area contributed by atoms with E-state index in [0.717, 1.165) is 29.8 Å². The molecule has 1 aliphatic rings. The number of carbonyl (C=O) groups excluding carboxylic acids is 3. The smallest absolute Gasteiger partial charge is 0.337 e. The molecule has 0 aliphatic carbocycles. The lowest BCUT2D eigenvalue weighted by Crippen LogP contribution is -2.51. The van der Waals surface area contributed by atoms with E-state index in [4.69, 9.17) is 9.47 Å². The fourth-order valence-electron chi connectivity index (χ4n) is 3.83. The van der Waals surface area contributed by atoms with Crippen LogP contribution in [0, 0.1) is 0 Å². The zero-order valence-corrected chi connectivity index (χ0v) is 18.7. The molecule has 7 nitrogen and oxygen atoms in total. The van der Waals surface area contributed by atoms with Crippen molar-refractivity contribution in [3.63, 3.8) is 0 Å². The van der Waals surface area contributed by atoms with Crippen LogP contribution >= 0.6 is 0 Å². The number of ketones is 1. The number of methoxy groups -OCH3 is 2. The summed E-state index contributed by atoms with van der Waals surface area (Å²) in [7, 11) is 2.96. The van der Waals surface area contributed by atoms with Crippen molar-refractivity contribution in [2.24, 2.45) is 0 Å². The first-order chi connectivity index (χ1) is 15.5. The predicted molar refractivity (Wildman–Crippen MR) is 120 cm³/mol. The van der Waals surface area contributed by atoms with E-state index in [1.54, 1.807) is 24.3 Å². The van der Waals surface area contributed by atoms with Gasteiger partial charge in [-0.05, 0) is 48.2 Å². The van der Waals surface area contributed by atoms with E-state index >= 15 is 0 Å². The molecule has 1 amide bonds. The van der Waals surface area contributed by atoms with Gasteiger partial charge in [0.2, 0.25) is 5.91 Å². The second-order valence-corrected chi connectivity index (χ2v) is 7.83. The monoisotopic (exact) mass is 438 g/mol. The molecule has 170 valence electrons. The van der Waals surface area contributed by atoms with Crippen molar-refractivity contribution in [2.75, 3.05) is 33.9 Å². The van der Waals surface area contributed by atoms with Crippen molar-refractivity contribution in [3.05, 3.63) is 65.2 Å². The standard InChI is InChI=1S/C25H30N2O5/c1-31-23-6-3-5-20(18-23)17-22(28)13-15-26-14-4-7-24(29)27(26)16-12-19-8-10-21(11-9-19)25(30)32-2/h3,5-6,8-11,18H,4,7,12-17H2,1-2H3. The first kappa shape index (κ1) is 23.5. The number of rotatable bonds is 10. The van der Waals surface area contributed by atoms with Crippen molar-refractivity contribution in [1.82, 2.24) is 10.0 Å². The van der Waals surface area contributed by atoms with Crippen molar-refractivity contribution in [3.8, 4) is 5.75 Å². The molecule has 0 radical (unpaired) electrons. The molecule has 1 aliphatic heterocycles. The van der Waals surface area contributed by atoms with Crippen LogP contribution in [-0.4, -0.2) is 61.5 Å². The Hall–Kier alpha value is -3.19. The Morgan fingerprint density at radius 3 is 2.50 bits per heavy atom. The minimum Gasteiger partial charge on any atom is -0.497 e. The normalized spacial score (nSPS) is 14.3. The molecule has 0 N–H and O–H groups in total. The highest BCUT2D eigenvalue weighted by molar-refractivity contribution is 5.89. The summed E-state index contributed by atoms with van der Waals surface area (Å²) in [6.07, 6.45) is 2.73. The Morgan fingerprint density at radius 2 is 1.78 bits per heavy atom. The number of nitrogens with zero attached hydrogens (tertiary/aromatic N) is 2. The van der Waals surface area contributed by atoms with Gasteiger partial charge in [-0.15, -0.1) is 0 Å². The summed E-state index contributed by atoms with van der Waals surface area (Å²) in [5.41, 5.74) is 2.46. The molecular formula is C25H30N2O5. The van der Waals surface area contributed by atoms with Gasteiger partial charge in [-0.2, -0.15) is 0 Å². The average Bonchev–Trinajstić information content (AvgIpc) is 2.82. The second-order valence-electron chi connectivity index (χ2n) is 7.83. The van der Waals surface area contributed by atoms with E-state index in [1.165, 1.54) is 7.11 Å². The number of esters is 1. The van der Waals surface area contributed by atoms with Gasteiger partial charge in [0.05, 0.1) is 19.8 Å². The average molecular weight is 439 g/mol. The van der Waals surface area contributed by atoms with Crippen LogP contribution in [0.25, 0.3) is 0 Å². The summed E-state index contributed by atoms with van der Waals surface area (Å²) in [5, 5.41) is 3.77. The highest BCUT2D eigenvalue weighted by Gasteiger charge is 2.26. The van der Waals surface area contributed by atoms with Gasteiger partial charge >= 0.3 is 5.97 Å². The van der Waals surface area contributed by atoms with Gasteiger partial charge < -0.3 is 9.47 Å². The minimum atomic E-state index is -0.368. The van der Waals surface area contributed by atoms with E-state index in [2.05, 4.69) is 0 Å². The SMILES string of the molecule is COC(=O)c1ccc(CCN2C(=O)CCCN2CCC(=O)Cc2cccc(OC)c2)cc1. The van der Waals surface area contributed by atoms with Crippen LogP contribution in [-0.2, 0) is 27.2 Å². The molecule has 0 aromatic heterocycles. The molecule has 3 rings (SSSR count). The van der Waals surface area contributed by atoms with Gasteiger partial charge in [-0.25, -0.2) is 9.80 Å². The molecule has 1 saturated heterocycles. The summed E-state index contributed by atoms with van der Waals surface area (Å²) in [6.45, 7) is 1.83. The number of hydrogen-bond donors (Lipinski definition) is 0. The molecule has 0 saturated carbocycles. The third-order valence-corrected chi connectivity index (χ3v) is 5.61. The van der Waals surface area contributed by atoms with E-state index in [1.807, 2.05) is 41.4 Å². The van der Waals surface area contributed by atoms with E-state index in [-0.39, 0.29) is 17.7 Å². The number of ether oxygens (including phenoxy) is 2. The maximum absolute atomic E-state index is 12.5. The molecule has 7 heteroatoms. The predicted octanol–water partition coefficient (Wildman–Crippen LogP) is 3.07. The summed E-state index contributed by atoms with van der Waals surface area (Å²) >= 11 is 0. The lowest BCUT2D eigenvalue weighted by atomic mass is 10.1. The van der Waals surface area contributed by atoms with Crippen molar-refractivity contribution < 1.29 is 23.9 Å². The molecule has 0 atom stereocenters. The summed E-state index contributed by atoms with van der Waals surface area (Å²) < 4.78 is 9.94. The zero-order chi connectivity index (χ0) is 22.9. The Morgan fingerprint density at radius 1 is 1.00 bits per heavy atom. The molecular weight excluding hydrogens is 408 g/mol. The fraction of sp³-hybridized carbons (Fsp3) is 0.400. The number of hydrogen-bond acceptors (Lipinski definition) is 6. The summed E-state index contributed by atoms with van der Waals surface area (Å²) in [5.74, 6) is 0.590. The lowest BCUT2D eigenvalue weighted by Gasteiger charge is -2.38. The van der Waals surface area contributed by atoms with Crippen LogP contribution in [0.5, 0.6) is 5.75 Å². The molecule has 1 fully saturated rings. The van der Waals surface area contributed by atoms with Crippen LogP contribution in [0.1, 0.15) is 40.7 Å². The fourth-order valence-corrected chi connectivity index (χ4v) is 3.83. The van der Waals surface area contributed by atoms with Crippen LogP contribution in [0.2, 0.25) is 0 Å². The molecule has 32 heavy (non-hydrogen) atoms. The lowest BCUT2D eigenvalue weighted by molar-refractivity contribution is -0.156. The largest absolute Gasteiger partial charge is 0.497 e. The minimum absolute atomic E-state index is 0.0858. The summed E-state index contributed by atoms with van der Waals surface area (Å²) in [4.78, 5) is 36.6. The molecule has 0 unspecified atom stereocenters. The van der Waals surface area contributed by atoms with E-state index < -0.39 is 0 Å². The molecule has 2 aromatic rings. The van der Waals surface area contributed by atoms with Gasteiger partial charge in [-0.3, -0.25) is 14.6 Å².